The highest BCUT2D eigenvalue weighted by atomic mass is 16.5. The van der Waals surface area contributed by atoms with E-state index in [9.17, 15) is 15.0 Å². The molecule has 0 aliphatic rings. The van der Waals surface area contributed by atoms with E-state index < -0.39 is 17.6 Å². The number of ether oxygens (including phenoxy) is 3. The number of phenols is 1. The van der Waals surface area contributed by atoms with Crippen molar-refractivity contribution < 1.29 is 29.2 Å². The number of aliphatic hydroxyl groups is 1. The van der Waals surface area contributed by atoms with Gasteiger partial charge in [0.2, 0.25) is 0 Å². The monoisotopic (exact) mass is 449 g/mol. The molecule has 1 atom stereocenters. The molecule has 3 aromatic rings. The lowest BCUT2D eigenvalue weighted by molar-refractivity contribution is 0.0537. The standard InChI is InChI=1S/C26H27NO6/c1-17(27-16-18-10-9-11-19(24(18)28)25(29)33-4)26(30,20-12-5-7-14-22(20)31-2)21-13-6-8-15-23(21)32-3/h5-17,28,30H,1-4H3/t17-/m1/s1. The number of aromatic hydroxyl groups is 1. The van der Waals surface area contributed by atoms with E-state index in [0.717, 1.165) is 0 Å². The third kappa shape index (κ3) is 4.54. The molecule has 3 aromatic carbocycles. The van der Waals surface area contributed by atoms with Crippen molar-refractivity contribution in [1.82, 2.24) is 0 Å². The zero-order chi connectivity index (χ0) is 24.0. The topological polar surface area (TPSA) is 97.6 Å². The lowest BCUT2D eigenvalue weighted by atomic mass is 9.80. The molecule has 0 saturated heterocycles. The van der Waals surface area contributed by atoms with Crippen LogP contribution >= 0.6 is 0 Å². The van der Waals surface area contributed by atoms with Gasteiger partial charge in [-0.25, -0.2) is 4.79 Å². The summed E-state index contributed by atoms with van der Waals surface area (Å²) < 4.78 is 15.8. The van der Waals surface area contributed by atoms with Crippen molar-refractivity contribution in [3.63, 3.8) is 0 Å². The van der Waals surface area contributed by atoms with Gasteiger partial charge >= 0.3 is 5.97 Å². The minimum Gasteiger partial charge on any atom is -0.506 e. The minimum absolute atomic E-state index is 0.0267. The van der Waals surface area contributed by atoms with E-state index in [4.69, 9.17) is 14.2 Å². The molecule has 0 amide bonds. The van der Waals surface area contributed by atoms with E-state index in [2.05, 4.69) is 4.99 Å². The molecule has 0 spiro atoms. The number of aliphatic imine (C=N–C) groups is 1. The van der Waals surface area contributed by atoms with E-state index in [-0.39, 0.29) is 11.3 Å². The highest BCUT2D eigenvalue weighted by Crippen LogP contribution is 2.43. The van der Waals surface area contributed by atoms with E-state index in [1.54, 1.807) is 55.5 Å². The predicted octanol–water partition coefficient (Wildman–Crippen LogP) is 3.94. The largest absolute Gasteiger partial charge is 0.506 e. The molecule has 7 heteroatoms. The first-order valence-electron chi connectivity index (χ1n) is 10.3. The summed E-state index contributed by atoms with van der Waals surface area (Å²) in [6, 6.07) is 18.3. The minimum atomic E-state index is -1.63. The first-order valence-corrected chi connectivity index (χ1v) is 10.3. The number of hydrogen-bond donors (Lipinski definition) is 2. The van der Waals surface area contributed by atoms with Crippen LogP contribution in [0.3, 0.4) is 0 Å². The molecule has 0 heterocycles. The molecular weight excluding hydrogens is 422 g/mol. The van der Waals surface area contributed by atoms with Gasteiger partial charge in [0.05, 0.1) is 27.4 Å². The summed E-state index contributed by atoms with van der Waals surface area (Å²) in [5, 5.41) is 22.7. The number of hydrogen-bond acceptors (Lipinski definition) is 7. The summed E-state index contributed by atoms with van der Waals surface area (Å²) in [7, 11) is 4.31. The smallest absolute Gasteiger partial charge is 0.341 e. The molecule has 0 saturated carbocycles. The van der Waals surface area contributed by atoms with Crippen molar-refractivity contribution >= 4 is 12.2 Å². The summed E-state index contributed by atoms with van der Waals surface area (Å²) >= 11 is 0. The molecule has 3 rings (SSSR count). The Labute approximate surface area is 192 Å². The number of rotatable bonds is 8. The molecule has 0 aromatic heterocycles. The highest BCUT2D eigenvalue weighted by molar-refractivity contribution is 5.96. The number of nitrogens with zero attached hydrogens (tertiary/aromatic N) is 1. The lowest BCUT2D eigenvalue weighted by Gasteiger charge is -2.35. The van der Waals surface area contributed by atoms with Gasteiger partial charge in [0.1, 0.15) is 28.4 Å². The second kappa shape index (κ2) is 10.2. The average Bonchev–Trinajstić information content (AvgIpc) is 2.86. The van der Waals surface area contributed by atoms with Crippen LogP contribution in [0.25, 0.3) is 0 Å². The molecular formula is C26H27NO6. The Morgan fingerprint density at radius 3 is 1.97 bits per heavy atom. The van der Waals surface area contributed by atoms with Crippen molar-refractivity contribution in [1.29, 1.82) is 0 Å². The van der Waals surface area contributed by atoms with Crippen LogP contribution in [0.4, 0.5) is 0 Å². The van der Waals surface area contributed by atoms with Crippen LogP contribution in [-0.2, 0) is 10.3 Å². The molecule has 2 N–H and O–H groups in total. The Morgan fingerprint density at radius 1 is 0.909 bits per heavy atom. The van der Waals surface area contributed by atoms with Crippen molar-refractivity contribution in [2.24, 2.45) is 4.99 Å². The van der Waals surface area contributed by atoms with Gasteiger partial charge in [-0.2, -0.15) is 0 Å². The first kappa shape index (κ1) is 23.8. The van der Waals surface area contributed by atoms with Gasteiger partial charge in [-0.05, 0) is 31.2 Å². The van der Waals surface area contributed by atoms with Crippen LogP contribution in [0.15, 0.2) is 71.7 Å². The number of benzene rings is 3. The maximum Gasteiger partial charge on any atom is 0.341 e. The molecule has 33 heavy (non-hydrogen) atoms. The fourth-order valence-electron chi connectivity index (χ4n) is 3.75. The van der Waals surface area contributed by atoms with Crippen molar-refractivity contribution in [2.45, 2.75) is 18.6 Å². The summed E-state index contributed by atoms with van der Waals surface area (Å²) in [4.78, 5) is 16.5. The molecule has 0 radical (unpaired) electrons. The normalized spacial score (nSPS) is 12.4. The number of carbonyl (C=O) groups is 1. The maximum atomic E-state index is 12.2. The molecule has 172 valence electrons. The van der Waals surface area contributed by atoms with Gasteiger partial charge in [-0.1, -0.05) is 42.5 Å². The van der Waals surface area contributed by atoms with Gasteiger partial charge in [-0.15, -0.1) is 0 Å². The zero-order valence-corrected chi connectivity index (χ0v) is 19.0. The number of phenolic OH excluding ortho intramolecular Hbond substituents is 1. The van der Waals surface area contributed by atoms with Gasteiger partial charge in [0.25, 0.3) is 0 Å². The summed E-state index contributed by atoms with van der Waals surface area (Å²) in [6.45, 7) is 1.75. The van der Waals surface area contributed by atoms with Crippen LogP contribution in [0, 0.1) is 0 Å². The fourth-order valence-corrected chi connectivity index (χ4v) is 3.75. The lowest BCUT2D eigenvalue weighted by Crippen LogP contribution is -2.38. The summed E-state index contributed by atoms with van der Waals surface area (Å²) in [5.74, 6) is 0.0701. The molecule has 7 nitrogen and oxygen atoms in total. The number of esters is 1. The van der Waals surface area contributed by atoms with Crippen LogP contribution in [0.2, 0.25) is 0 Å². The molecule has 0 aliphatic heterocycles. The van der Waals surface area contributed by atoms with Gasteiger partial charge in [0, 0.05) is 22.9 Å². The van der Waals surface area contributed by atoms with Gasteiger partial charge in [-0.3, -0.25) is 4.99 Å². The molecule has 0 unspecified atom stereocenters. The Bertz CT molecular complexity index is 1110. The quantitative estimate of drug-likeness (QED) is 0.399. The Morgan fingerprint density at radius 2 is 1.45 bits per heavy atom. The van der Waals surface area contributed by atoms with Gasteiger partial charge in [0.15, 0.2) is 0 Å². The number of carbonyl (C=O) groups excluding carboxylic acids is 1. The van der Waals surface area contributed by atoms with Crippen LogP contribution in [-0.4, -0.2) is 49.8 Å². The molecule has 0 bridgehead atoms. The third-order valence-corrected chi connectivity index (χ3v) is 5.55. The number of para-hydroxylation sites is 3. The van der Waals surface area contributed by atoms with E-state index in [0.29, 0.717) is 28.2 Å². The Kier molecular flexibility index (Phi) is 7.35. The number of methoxy groups -OCH3 is 3. The van der Waals surface area contributed by atoms with E-state index >= 15 is 0 Å². The van der Waals surface area contributed by atoms with Crippen molar-refractivity contribution in [3.8, 4) is 17.2 Å². The van der Waals surface area contributed by atoms with Crippen molar-refractivity contribution in [2.75, 3.05) is 21.3 Å². The molecule has 0 fully saturated rings. The SMILES string of the molecule is COC(=O)c1cccc(C=N[C@H](C)C(O)(c2ccccc2OC)c2ccccc2OC)c1O. The van der Waals surface area contributed by atoms with E-state index in [1.807, 2.05) is 12.1 Å². The van der Waals surface area contributed by atoms with Crippen LogP contribution < -0.4 is 9.47 Å². The van der Waals surface area contributed by atoms with E-state index in [1.165, 1.54) is 33.6 Å². The highest BCUT2D eigenvalue weighted by Gasteiger charge is 2.42. The zero-order valence-electron chi connectivity index (χ0n) is 19.0. The maximum absolute atomic E-state index is 12.2. The first-order chi connectivity index (χ1) is 15.9. The Hall–Kier alpha value is -3.84. The van der Waals surface area contributed by atoms with Crippen LogP contribution in [0.1, 0.15) is 34.0 Å². The Balaban J connectivity index is 2.14. The second-order valence-corrected chi connectivity index (χ2v) is 7.36. The summed E-state index contributed by atoms with van der Waals surface area (Å²) in [5.41, 5.74) is -0.278. The second-order valence-electron chi connectivity index (χ2n) is 7.36. The third-order valence-electron chi connectivity index (χ3n) is 5.55. The predicted molar refractivity (Wildman–Crippen MR) is 125 cm³/mol. The fraction of sp³-hybridized carbons (Fsp3) is 0.231. The average molecular weight is 450 g/mol. The summed E-state index contributed by atoms with van der Waals surface area (Å²) in [6.07, 6.45) is 1.42. The van der Waals surface area contributed by atoms with Crippen LogP contribution in [0.5, 0.6) is 17.2 Å². The van der Waals surface area contributed by atoms with Gasteiger partial charge < -0.3 is 24.4 Å². The van der Waals surface area contributed by atoms with Crippen molar-refractivity contribution in [3.05, 3.63) is 89.0 Å². The molecule has 0 aliphatic carbocycles.